The molecule has 16 heavy (non-hydrogen) atoms. The molecule has 1 unspecified atom stereocenters. The summed E-state index contributed by atoms with van der Waals surface area (Å²) >= 11 is 5.78. The van der Waals surface area contributed by atoms with Crippen LogP contribution in [0.2, 0.25) is 5.02 Å². The normalized spacial score (nSPS) is 27.1. The fourth-order valence-electron chi connectivity index (χ4n) is 1.08. The minimum absolute atomic E-state index is 0.0955. The van der Waals surface area contributed by atoms with Gasteiger partial charge in [-0.15, -0.1) is 0 Å². The zero-order valence-electron chi connectivity index (χ0n) is 18.6. The molecule has 0 aliphatic rings. The minimum atomic E-state index is -3.37. The van der Waals surface area contributed by atoms with E-state index in [9.17, 15) is 4.79 Å². The van der Waals surface area contributed by atoms with Gasteiger partial charge in [-0.05, 0) is 39.6 Å². The first kappa shape index (κ1) is 4.79. The summed E-state index contributed by atoms with van der Waals surface area (Å²) < 4.78 is 76.0. The second-order valence-electron chi connectivity index (χ2n) is 3.46. The van der Waals surface area contributed by atoms with Crippen LogP contribution >= 0.6 is 11.6 Å². The molecule has 1 aromatic rings. The predicted molar refractivity (Wildman–Crippen MR) is 68.1 cm³/mol. The maximum absolute atomic E-state index is 12.8. The Balaban J connectivity index is 3.58. The molecule has 2 nitrogen and oxygen atoms in total. The van der Waals surface area contributed by atoms with Gasteiger partial charge in [-0.2, -0.15) is 0 Å². The third kappa shape index (κ3) is 3.95. The number of rotatable bonds is 3. The fourth-order valence-corrected chi connectivity index (χ4v) is 1.27. The van der Waals surface area contributed by atoms with Crippen molar-refractivity contribution in [3.8, 4) is 0 Å². The lowest BCUT2D eigenvalue weighted by Crippen LogP contribution is -2.46. The topological polar surface area (TPSA) is 29.1 Å². The highest BCUT2D eigenvalue weighted by atomic mass is 35.5. The van der Waals surface area contributed by atoms with E-state index in [-0.39, 0.29) is 10.6 Å². The first-order chi connectivity index (χ1) is 11.4. The average Bonchev–Trinajstić information content (AvgIpc) is 2.42. The molecule has 0 bridgehead atoms. The third-order valence-corrected chi connectivity index (χ3v) is 1.92. The Labute approximate surface area is 116 Å². The molecule has 0 spiro atoms. The van der Waals surface area contributed by atoms with E-state index >= 15 is 0 Å². The van der Waals surface area contributed by atoms with Gasteiger partial charge in [0.05, 0.1) is 7.39 Å². The van der Waals surface area contributed by atoms with Gasteiger partial charge in [0.15, 0.2) is 5.78 Å². The summed E-state index contributed by atoms with van der Waals surface area (Å²) in [5.74, 6) is -1.32. The van der Waals surface area contributed by atoms with Gasteiger partial charge < -0.3 is 5.32 Å². The van der Waals surface area contributed by atoms with Gasteiger partial charge in [0, 0.05) is 28.5 Å². The fraction of sp³-hybridized carbons (Fsp3) is 0.462. The molecule has 0 saturated carbocycles. The number of benzene rings is 1. The number of carbonyl (C=O) groups is 1. The highest BCUT2D eigenvalue weighted by Crippen LogP contribution is 2.13. The van der Waals surface area contributed by atoms with Crippen molar-refractivity contribution in [1.82, 2.24) is 5.32 Å². The third-order valence-electron chi connectivity index (χ3n) is 1.69. The van der Waals surface area contributed by atoms with Crippen molar-refractivity contribution in [2.24, 2.45) is 0 Å². The molecule has 0 aliphatic heterocycles. The van der Waals surface area contributed by atoms with E-state index in [1.807, 2.05) is 5.32 Å². The molecule has 0 aliphatic carbocycles. The number of nitrogens with one attached hydrogen (secondary N) is 1. The maximum atomic E-state index is 12.8. The molecule has 1 aromatic carbocycles. The molecule has 0 radical (unpaired) electrons. The van der Waals surface area contributed by atoms with Crippen LogP contribution in [0, 0.1) is 0 Å². The molecule has 1 rings (SSSR count). The van der Waals surface area contributed by atoms with E-state index in [4.69, 9.17) is 25.3 Å². The predicted octanol–water partition coefficient (Wildman–Crippen LogP) is 3.30. The molecule has 1 N–H and O–H groups in total. The van der Waals surface area contributed by atoms with Gasteiger partial charge in [-0.1, -0.05) is 23.7 Å². The maximum Gasteiger partial charge on any atom is 0.179 e. The molecule has 0 saturated heterocycles. The van der Waals surface area contributed by atoms with Crippen LogP contribution < -0.4 is 5.32 Å². The molecule has 3 heteroatoms. The first-order valence-electron chi connectivity index (χ1n) is 9.46. The lowest BCUT2D eigenvalue weighted by molar-refractivity contribution is 0.0936. The summed E-state index contributed by atoms with van der Waals surface area (Å²) in [6.45, 7) is -9.09. The molecular formula is C13H18ClNO. The smallest absolute Gasteiger partial charge is 0.179 e. The van der Waals surface area contributed by atoms with Crippen LogP contribution in [-0.2, 0) is 0 Å². The minimum Gasteiger partial charge on any atom is -0.303 e. The van der Waals surface area contributed by atoms with E-state index in [1.54, 1.807) is 0 Å². The van der Waals surface area contributed by atoms with Crippen molar-refractivity contribution in [3.63, 3.8) is 0 Å². The van der Waals surface area contributed by atoms with Gasteiger partial charge in [0.2, 0.25) is 0 Å². The van der Waals surface area contributed by atoms with Crippen LogP contribution in [-0.4, -0.2) is 17.3 Å². The molecule has 0 fully saturated rings. The number of ketones is 1. The van der Waals surface area contributed by atoms with Crippen LogP contribution in [0.4, 0.5) is 0 Å². The summed E-state index contributed by atoms with van der Waals surface area (Å²) in [7, 11) is 0. The van der Waals surface area contributed by atoms with Crippen molar-refractivity contribution in [2.75, 3.05) is 0 Å². The van der Waals surface area contributed by atoms with Gasteiger partial charge in [0.1, 0.15) is 0 Å². The second-order valence-corrected chi connectivity index (χ2v) is 3.90. The zero-order valence-corrected chi connectivity index (χ0v) is 9.35. The number of carbonyl (C=O) groups excluding carboxylic acids is 1. The molecular weight excluding hydrogens is 222 g/mol. The van der Waals surface area contributed by atoms with Crippen LogP contribution in [0.3, 0.4) is 0 Å². The Morgan fingerprint density at radius 1 is 1.62 bits per heavy atom. The van der Waals surface area contributed by atoms with Gasteiger partial charge >= 0.3 is 0 Å². The van der Waals surface area contributed by atoms with Crippen molar-refractivity contribution in [2.45, 2.75) is 39.0 Å². The summed E-state index contributed by atoms with van der Waals surface area (Å²) in [5, 5.41) is 1.93. The van der Waals surface area contributed by atoms with Crippen LogP contribution in [0.1, 0.15) is 51.5 Å². The Morgan fingerprint density at radius 2 is 2.38 bits per heavy atom. The van der Waals surface area contributed by atoms with E-state index in [0.29, 0.717) is 0 Å². The quantitative estimate of drug-likeness (QED) is 0.833. The van der Waals surface area contributed by atoms with Crippen molar-refractivity contribution >= 4 is 17.4 Å². The van der Waals surface area contributed by atoms with E-state index < -0.39 is 37.9 Å². The van der Waals surface area contributed by atoms with E-state index in [1.165, 1.54) is 18.2 Å². The second kappa shape index (κ2) is 4.98. The van der Waals surface area contributed by atoms with Gasteiger partial charge in [-0.25, -0.2) is 0 Å². The van der Waals surface area contributed by atoms with E-state index in [2.05, 4.69) is 0 Å². The highest BCUT2D eigenvalue weighted by molar-refractivity contribution is 6.31. The first-order valence-corrected chi connectivity index (χ1v) is 4.84. The SMILES string of the molecule is [2H]C([2H])([2H])C([2H])(NC(C)(C([2H])([2H])[2H])C([2H])([2H])[2H])C(=O)c1cccc(Cl)c1. The highest BCUT2D eigenvalue weighted by Gasteiger charge is 2.20. The molecule has 0 amide bonds. The number of halogens is 1. The zero-order chi connectivity index (χ0) is 20.8. The Kier molecular flexibility index (Phi) is 1.49. The van der Waals surface area contributed by atoms with E-state index in [0.717, 1.165) is 13.0 Å². The Hall–Kier alpha value is -0.860. The standard InChI is InChI=1S/C13H18ClNO/c1-9(15-13(2,3)4)12(16)10-6-5-7-11(14)8-10/h5-9,15H,1-4H3/i1D3,2D3,3D3,9D. The lowest BCUT2D eigenvalue weighted by atomic mass is 10.0. The average molecular weight is 250 g/mol. The summed E-state index contributed by atoms with van der Waals surface area (Å²) in [6, 6.07) is 1.86. The number of hydrogen-bond donors (Lipinski definition) is 1. The van der Waals surface area contributed by atoms with Gasteiger partial charge in [-0.3, -0.25) is 4.79 Å². The van der Waals surface area contributed by atoms with Gasteiger partial charge in [0.25, 0.3) is 0 Å². The largest absolute Gasteiger partial charge is 0.303 e. The molecule has 1 atom stereocenters. The van der Waals surface area contributed by atoms with Crippen molar-refractivity contribution in [1.29, 1.82) is 0 Å². The van der Waals surface area contributed by atoms with Crippen molar-refractivity contribution in [3.05, 3.63) is 34.9 Å². The van der Waals surface area contributed by atoms with Crippen LogP contribution in [0.5, 0.6) is 0 Å². The lowest BCUT2D eigenvalue weighted by Gasteiger charge is -2.25. The summed E-state index contributed by atoms with van der Waals surface area (Å²) in [6.07, 6.45) is 0. The van der Waals surface area contributed by atoms with Crippen LogP contribution in [0.15, 0.2) is 24.3 Å². The molecule has 0 heterocycles. The van der Waals surface area contributed by atoms with Crippen molar-refractivity contribution < 1.29 is 18.5 Å². The Bertz CT molecular complexity index is 667. The molecule has 88 valence electrons. The Morgan fingerprint density at radius 3 is 2.94 bits per heavy atom. The molecule has 0 aromatic heterocycles. The number of hydrogen-bond acceptors (Lipinski definition) is 2. The monoisotopic (exact) mass is 249 g/mol. The number of Topliss-reactive ketones (excluding diaryl/α,β-unsaturated/α-hetero) is 1. The summed E-state index contributed by atoms with van der Waals surface area (Å²) in [5.41, 5.74) is -3.10. The summed E-state index contributed by atoms with van der Waals surface area (Å²) in [4.78, 5) is 12.8. The van der Waals surface area contributed by atoms with Crippen LogP contribution in [0.25, 0.3) is 0 Å².